The molecule has 3 nitrogen and oxygen atoms in total. The standard InChI is InChI=1S/C11H12FNO2S/c1-13-7-6-10(11(13)14)16(15)9-5-3-2-4-8(9)12/h2-5,10H,6-7H2,1H3. The van der Waals surface area contributed by atoms with Gasteiger partial charge in [-0.25, -0.2) is 4.39 Å². The quantitative estimate of drug-likeness (QED) is 0.779. The van der Waals surface area contributed by atoms with Crippen molar-refractivity contribution in [3.8, 4) is 0 Å². The van der Waals surface area contributed by atoms with Crippen LogP contribution in [0.4, 0.5) is 4.39 Å². The minimum atomic E-state index is -1.59. The van der Waals surface area contributed by atoms with Gasteiger partial charge in [0.05, 0.1) is 15.7 Å². The first kappa shape index (κ1) is 11.3. The first-order chi connectivity index (χ1) is 7.61. The van der Waals surface area contributed by atoms with Crippen molar-refractivity contribution in [1.82, 2.24) is 4.90 Å². The van der Waals surface area contributed by atoms with Gasteiger partial charge in [-0.2, -0.15) is 0 Å². The van der Waals surface area contributed by atoms with Crippen LogP contribution in [0.15, 0.2) is 29.2 Å². The fourth-order valence-electron chi connectivity index (χ4n) is 1.75. The normalized spacial score (nSPS) is 22.5. The highest BCUT2D eigenvalue weighted by Crippen LogP contribution is 2.22. The van der Waals surface area contributed by atoms with Crippen LogP contribution in [0.2, 0.25) is 0 Å². The summed E-state index contributed by atoms with van der Waals surface area (Å²) in [5.41, 5.74) is 0. The molecule has 5 heteroatoms. The lowest BCUT2D eigenvalue weighted by molar-refractivity contribution is -0.126. The van der Waals surface area contributed by atoms with Crippen LogP contribution in [0.3, 0.4) is 0 Å². The van der Waals surface area contributed by atoms with Crippen molar-refractivity contribution in [1.29, 1.82) is 0 Å². The molecule has 1 aromatic carbocycles. The third-order valence-electron chi connectivity index (χ3n) is 2.69. The molecule has 1 aromatic rings. The summed E-state index contributed by atoms with van der Waals surface area (Å²) in [5.74, 6) is -0.676. The Balaban J connectivity index is 2.27. The molecule has 2 rings (SSSR count). The monoisotopic (exact) mass is 241 g/mol. The van der Waals surface area contributed by atoms with Crippen LogP contribution in [-0.4, -0.2) is 33.9 Å². The van der Waals surface area contributed by atoms with E-state index in [9.17, 15) is 13.4 Å². The van der Waals surface area contributed by atoms with Gasteiger partial charge in [0.15, 0.2) is 0 Å². The fourth-order valence-corrected chi connectivity index (χ4v) is 3.21. The van der Waals surface area contributed by atoms with Crippen molar-refractivity contribution in [3.63, 3.8) is 0 Å². The van der Waals surface area contributed by atoms with Gasteiger partial charge < -0.3 is 4.90 Å². The largest absolute Gasteiger partial charge is 0.345 e. The molecular formula is C11H12FNO2S. The van der Waals surface area contributed by atoms with Gasteiger partial charge in [0.25, 0.3) is 0 Å². The summed E-state index contributed by atoms with van der Waals surface area (Å²) in [6.07, 6.45) is 0.524. The van der Waals surface area contributed by atoms with Crippen LogP contribution in [0.1, 0.15) is 6.42 Å². The van der Waals surface area contributed by atoms with E-state index in [0.717, 1.165) is 0 Å². The molecule has 0 spiro atoms. The SMILES string of the molecule is CN1CCC(S(=O)c2ccccc2F)C1=O. The third-order valence-corrected chi connectivity index (χ3v) is 4.41. The van der Waals surface area contributed by atoms with Crippen LogP contribution in [0.5, 0.6) is 0 Å². The summed E-state index contributed by atoms with van der Waals surface area (Å²) in [5, 5.41) is -0.595. The molecular weight excluding hydrogens is 229 g/mol. The number of likely N-dealkylation sites (tertiary alicyclic amines) is 1. The highest BCUT2D eigenvalue weighted by molar-refractivity contribution is 7.86. The van der Waals surface area contributed by atoms with E-state index in [1.165, 1.54) is 17.0 Å². The zero-order chi connectivity index (χ0) is 11.7. The maximum absolute atomic E-state index is 13.4. The van der Waals surface area contributed by atoms with Gasteiger partial charge in [-0.3, -0.25) is 9.00 Å². The Morgan fingerprint density at radius 3 is 2.69 bits per heavy atom. The number of amides is 1. The fraction of sp³-hybridized carbons (Fsp3) is 0.364. The number of benzene rings is 1. The van der Waals surface area contributed by atoms with Gasteiger partial charge in [-0.1, -0.05) is 12.1 Å². The molecule has 0 aliphatic carbocycles. The Morgan fingerprint density at radius 1 is 1.44 bits per heavy atom. The van der Waals surface area contributed by atoms with Gasteiger partial charge in [0.2, 0.25) is 5.91 Å². The Kier molecular flexibility index (Phi) is 3.05. The number of hydrogen-bond donors (Lipinski definition) is 0. The predicted molar refractivity (Wildman–Crippen MR) is 58.9 cm³/mol. The maximum atomic E-state index is 13.4. The van der Waals surface area contributed by atoms with Gasteiger partial charge in [0.1, 0.15) is 11.1 Å². The first-order valence-electron chi connectivity index (χ1n) is 5.01. The van der Waals surface area contributed by atoms with Crippen molar-refractivity contribution in [3.05, 3.63) is 30.1 Å². The second-order valence-corrected chi connectivity index (χ2v) is 5.37. The number of halogens is 1. The number of hydrogen-bond acceptors (Lipinski definition) is 2. The molecule has 1 saturated heterocycles. The van der Waals surface area contributed by atoms with Crippen molar-refractivity contribution in [2.24, 2.45) is 0 Å². The molecule has 1 fully saturated rings. The Bertz CT molecular complexity index is 449. The molecule has 0 N–H and O–H groups in total. The molecule has 16 heavy (non-hydrogen) atoms. The highest BCUT2D eigenvalue weighted by Gasteiger charge is 2.35. The Hall–Kier alpha value is -1.23. The predicted octanol–water partition coefficient (Wildman–Crippen LogP) is 1.16. The topological polar surface area (TPSA) is 37.4 Å². The van der Waals surface area contributed by atoms with Crippen molar-refractivity contribution < 1.29 is 13.4 Å². The van der Waals surface area contributed by atoms with E-state index in [-0.39, 0.29) is 10.8 Å². The first-order valence-corrected chi connectivity index (χ1v) is 6.22. The number of carbonyl (C=O) groups is 1. The lowest BCUT2D eigenvalue weighted by atomic mass is 10.3. The third kappa shape index (κ3) is 1.87. The second-order valence-electron chi connectivity index (χ2n) is 3.76. The maximum Gasteiger partial charge on any atom is 0.238 e. The zero-order valence-corrected chi connectivity index (χ0v) is 9.67. The van der Waals surface area contributed by atoms with E-state index >= 15 is 0 Å². The molecule has 1 aliphatic heterocycles. The number of nitrogens with zero attached hydrogens (tertiary/aromatic N) is 1. The minimum Gasteiger partial charge on any atom is -0.345 e. The van der Waals surface area contributed by atoms with Gasteiger partial charge in [-0.05, 0) is 18.6 Å². The molecule has 1 amide bonds. The van der Waals surface area contributed by atoms with Crippen molar-refractivity contribution >= 4 is 16.7 Å². The van der Waals surface area contributed by atoms with Crippen LogP contribution >= 0.6 is 0 Å². The van der Waals surface area contributed by atoms with Crippen molar-refractivity contribution in [2.45, 2.75) is 16.6 Å². The second kappa shape index (κ2) is 4.33. The summed E-state index contributed by atoms with van der Waals surface area (Å²) in [6.45, 7) is 0.587. The lowest BCUT2D eigenvalue weighted by Gasteiger charge is -2.10. The summed E-state index contributed by atoms with van der Waals surface area (Å²) in [6, 6.07) is 5.89. The van der Waals surface area contributed by atoms with Crippen LogP contribution in [0.25, 0.3) is 0 Å². The lowest BCUT2D eigenvalue weighted by Crippen LogP contribution is -2.28. The van der Waals surface area contributed by atoms with E-state index in [2.05, 4.69) is 0 Å². The van der Waals surface area contributed by atoms with Crippen LogP contribution in [-0.2, 0) is 15.6 Å². The van der Waals surface area contributed by atoms with E-state index < -0.39 is 21.9 Å². The van der Waals surface area contributed by atoms with Gasteiger partial charge >= 0.3 is 0 Å². The smallest absolute Gasteiger partial charge is 0.238 e. The molecule has 1 heterocycles. The Labute approximate surface area is 95.7 Å². The molecule has 0 saturated carbocycles. The molecule has 0 aromatic heterocycles. The van der Waals surface area contributed by atoms with Gasteiger partial charge in [-0.15, -0.1) is 0 Å². The van der Waals surface area contributed by atoms with Crippen LogP contribution < -0.4 is 0 Å². The Morgan fingerprint density at radius 2 is 2.12 bits per heavy atom. The zero-order valence-electron chi connectivity index (χ0n) is 8.85. The van der Waals surface area contributed by atoms with Crippen LogP contribution in [0, 0.1) is 5.82 Å². The van der Waals surface area contributed by atoms with Crippen molar-refractivity contribution in [2.75, 3.05) is 13.6 Å². The molecule has 2 unspecified atom stereocenters. The summed E-state index contributed by atoms with van der Waals surface area (Å²) in [7, 11) is 0.0802. The van der Waals surface area contributed by atoms with Gasteiger partial charge in [0, 0.05) is 13.6 Å². The van der Waals surface area contributed by atoms with E-state index in [1.807, 2.05) is 0 Å². The molecule has 0 bridgehead atoms. The molecule has 86 valence electrons. The average molecular weight is 241 g/mol. The summed E-state index contributed by atoms with van der Waals surface area (Å²) < 4.78 is 25.4. The molecule has 1 aliphatic rings. The average Bonchev–Trinajstić information content (AvgIpc) is 2.60. The number of rotatable bonds is 2. The van der Waals surface area contributed by atoms with E-state index in [0.29, 0.717) is 13.0 Å². The highest BCUT2D eigenvalue weighted by atomic mass is 32.2. The van der Waals surface area contributed by atoms with E-state index in [4.69, 9.17) is 0 Å². The molecule has 0 radical (unpaired) electrons. The minimum absolute atomic E-state index is 0.121. The summed E-state index contributed by atoms with van der Waals surface area (Å²) >= 11 is 0. The summed E-state index contributed by atoms with van der Waals surface area (Å²) in [4.78, 5) is 13.3. The molecule has 2 atom stereocenters. The number of carbonyl (C=O) groups excluding carboxylic acids is 1. The van der Waals surface area contributed by atoms with E-state index in [1.54, 1.807) is 19.2 Å².